The lowest BCUT2D eigenvalue weighted by atomic mass is 9.77. The molecule has 0 atom stereocenters. The summed E-state index contributed by atoms with van der Waals surface area (Å²) in [6.45, 7) is -0.540. The highest BCUT2D eigenvalue weighted by Gasteiger charge is 2.38. The number of aliphatic hydroxyl groups is 2. The zero-order valence-electron chi connectivity index (χ0n) is 13.2. The van der Waals surface area contributed by atoms with Gasteiger partial charge < -0.3 is 26.2 Å². The first-order valence-corrected chi connectivity index (χ1v) is 7.72. The number of nitrogens with two attached hydrogens (primary N) is 1. The SMILES string of the molecule is Nc1cc(CCO)c2c(c1CCO)C(=O)c1c(O)ccc(O)c1C2=O. The highest BCUT2D eigenvalue weighted by Crippen LogP contribution is 2.41. The number of ketones is 2. The zero-order chi connectivity index (χ0) is 18.3. The number of anilines is 1. The van der Waals surface area contributed by atoms with Crippen LogP contribution >= 0.6 is 0 Å². The van der Waals surface area contributed by atoms with Gasteiger partial charge in [0.05, 0.1) is 11.1 Å². The molecule has 0 heterocycles. The van der Waals surface area contributed by atoms with Crippen LogP contribution in [0.1, 0.15) is 43.0 Å². The molecule has 1 aliphatic rings. The van der Waals surface area contributed by atoms with Gasteiger partial charge in [0.15, 0.2) is 11.6 Å². The summed E-state index contributed by atoms with van der Waals surface area (Å²) >= 11 is 0. The normalized spacial score (nSPS) is 12.9. The van der Waals surface area contributed by atoms with Crippen molar-refractivity contribution in [2.24, 2.45) is 0 Å². The molecular formula is C18H17NO6. The fraction of sp³-hybridized carbons (Fsp3) is 0.222. The van der Waals surface area contributed by atoms with Crippen molar-refractivity contribution < 1.29 is 30.0 Å². The minimum atomic E-state index is -0.645. The molecule has 3 rings (SSSR count). The Hall–Kier alpha value is -2.90. The molecule has 2 aromatic carbocycles. The number of hydrogen-bond donors (Lipinski definition) is 5. The first-order valence-electron chi connectivity index (χ1n) is 7.72. The van der Waals surface area contributed by atoms with E-state index in [0.717, 1.165) is 12.1 Å². The van der Waals surface area contributed by atoms with Crippen molar-refractivity contribution in [3.05, 3.63) is 51.6 Å². The molecule has 1 aliphatic carbocycles. The molecule has 0 unspecified atom stereocenters. The molecule has 25 heavy (non-hydrogen) atoms. The maximum absolute atomic E-state index is 13.0. The Balaban J connectivity index is 2.41. The molecule has 7 nitrogen and oxygen atoms in total. The fourth-order valence-electron chi connectivity index (χ4n) is 3.30. The Morgan fingerprint density at radius 2 is 1.32 bits per heavy atom. The zero-order valence-corrected chi connectivity index (χ0v) is 13.2. The molecule has 0 amide bonds. The van der Waals surface area contributed by atoms with E-state index in [1.54, 1.807) is 0 Å². The molecule has 130 valence electrons. The second-order valence-corrected chi connectivity index (χ2v) is 5.81. The summed E-state index contributed by atoms with van der Waals surface area (Å²) in [7, 11) is 0. The number of benzene rings is 2. The maximum atomic E-state index is 13.0. The number of aliphatic hydroxyl groups excluding tert-OH is 2. The van der Waals surface area contributed by atoms with Crippen molar-refractivity contribution in [3.63, 3.8) is 0 Å². The number of nitrogen functional groups attached to an aromatic ring is 1. The summed E-state index contributed by atoms with van der Waals surface area (Å²) in [6, 6.07) is 3.77. The molecule has 0 bridgehead atoms. The third-order valence-electron chi connectivity index (χ3n) is 4.36. The van der Waals surface area contributed by atoms with Crippen LogP contribution in [0.25, 0.3) is 0 Å². The monoisotopic (exact) mass is 343 g/mol. The molecule has 0 radical (unpaired) electrons. The van der Waals surface area contributed by atoms with Gasteiger partial charge in [0, 0.05) is 30.0 Å². The first kappa shape index (κ1) is 16.9. The number of phenols is 2. The number of fused-ring (bicyclic) bond motifs is 2. The number of aromatic hydroxyl groups is 2. The van der Waals surface area contributed by atoms with E-state index in [4.69, 9.17) is 5.73 Å². The standard InChI is InChI=1S/C18H17NO6/c19-10-7-8(3-5-20)13-14(9(10)4-6-21)18(25)16-12(23)2-1-11(22)15(16)17(13)24/h1-2,7,20-23H,3-6,19H2. The molecule has 0 saturated carbocycles. The Labute approximate surface area is 143 Å². The molecule has 0 aliphatic heterocycles. The lowest BCUT2D eigenvalue weighted by Gasteiger charge is -2.25. The number of hydrogen-bond acceptors (Lipinski definition) is 7. The van der Waals surface area contributed by atoms with Crippen LogP contribution in [0, 0.1) is 0 Å². The second-order valence-electron chi connectivity index (χ2n) is 5.81. The van der Waals surface area contributed by atoms with E-state index in [-0.39, 0.29) is 54.0 Å². The highest BCUT2D eigenvalue weighted by atomic mass is 16.3. The van der Waals surface area contributed by atoms with Crippen LogP contribution in [-0.2, 0) is 12.8 Å². The van der Waals surface area contributed by atoms with Gasteiger partial charge in [0.25, 0.3) is 0 Å². The van der Waals surface area contributed by atoms with Crippen molar-refractivity contribution in [1.82, 2.24) is 0 Å². The Morgan fingerprint density at radius 1 is 0.800 bits per heavy atom. The van der Waals surface area contributed by atoms with Crippen molar-refractivity contribution in [2.45, 2.75) is 12.8 Å². The van der Waals surface area contributed by atoms with Gasteiger partial charge >= 0.3 is 0 Å². The lowest BCUT2D eigenvalue weighted by molar-refractivity contribution is 0.0972. The second kappa shape index (κ2) is 6.19. The fourth-order valence-corrected chi connectivity index (χ4v) is 3.30. The van der Waals surface area contributed by atoms with Gasteiger partial charge in [-0.15, -0.1) is 0 Å². The molecule has 0 aromatic heterocycles. The molecule has 6 N–H and O–H groups in total. The van der Waals surface area contributed by atoms with E-state index in [1.807, 2.05) is 0 Å². The van der Waals surface area contributed by atoms with Gasteiger partial charge in [0.1, 0.15) is 11.5 Å². The Morgan fingerprint density at radius 3 is 1.84 bits per heavy atom. The van der Waals surface area contributed by atoms with Gasteiger partial charge in [0.2, 0.25) is 0 Å². The highest BCUT2D eigenvalue weighted by molar-refractivity contribution is 6.31. The number of carbonyl (C=O) groups excluding carboxylic acids is 2. The molecule has 7 heteroatoms. The summed E-state index contributed by atoms with van der Waals surface area (Å²) in [5.41, 5.74) is 6.41. The molecule has 2 aromatic rings. The summed E-state index contributed by atoms with van der Waals surface area (Å²) in [6.07, 6.45) is 0.154. The van der Waals surface area contributed by atoms with Crippen molar-refractivity contribution in [2.75, 3.05) is 18.9 Å². The topological polar surface area (TPSA) is 141 Å². The largest absolute Gasteiger partial charge is 0.507 e. The van der Waals surface area contributed by atoms with E-state index in [9.17, 15) is 30.0 Å². The third kappa shape index (κ3) is 2.45. The minimum Gasteiger partial charge on any atom is -0.507 e. The number of carbonyl (C=O) groups is 2. The predicted octanol–water partition coefficient (Wildman–Crippen LogP) is 0.525. The average molecular weight is 343 g/mol. The summed E-state index contributed by atoms with van der Waals surface area (Å²) < 4.78 is 0. The molecular weight excluding hydrogens is 326 g/mol. The van der Waals surface area contributed by atoms with Crippen LogP contribution in [-0.4, -0.2) is 45.2 Å². The minimum absolute atomic E-state index is 0.0101. The maximum Gasteiger partial charge on any atom is 0.198 e. The Bertz CT molecular complexity index is 903. The van der Waals surface area contributed by atoms with Crippen LogP contribution in [0.15, 0.2) is 18.2 Å². The molecule has 0 saturated heterocycles. The van der Waals surface area contributed by atoms with Crippen LogP contribution in [0.2, 0.25) is 0 Å². The van der Waals surface area contributed by atoms with Crippen LogP contribution in [0.5, 0.6) is 11.5 Å². The first-order chi connectivity index (χ1) is 11.9. The van der Waals surface area contributed by atoms with Gasteiger partial charge in [-0.25, -0.2) is 0 Å². The van der Waals surface area contributed by atoms with E-state index >= 15 is 0 Å². The predicted molar refractivity (Wildman–Crippen MR) is 89.1 cm³/mol. The smallest absolute Gasteiger partial charge is 0.198 e. The van der Waals surface area contributed by atoms with Gasteiger partial charge in [-0.05, 0) is 42.2 Å². The third-order valence-corrected chi connectivity index (χ3v) is 4.36. The van der Waals surface area contributed by atoms with E-state index in [1.165, 1.54) is 6.07 Å². The van der Waals surface area contributed by atoms with Crippen LogP contribution < -0.4 is 5.73 Å². The van der Waals surface area contributed by atoms with Gasteiger partial charge in [-0.3, -0.25) is 9.59 Å². The Kier molecular flexibility index (Phi) is 4.20. The summed E-state index contributed by atoms with van der Waals surface area (Å²) in [5, 5.41) is 38.6. The van der Waals surface area contributed by atoms with Crippen LogP contribution in [0.4, 0.5) is 5.69 Å². The quantitative estimate of drug-likeness (QED) is 0.343. The number of rotatable bonds is 4. The van der Waals surface area contributed by atoms with Crippen molar-refractivity contribution in [1.29, 1.82) is 0 Å². The van der Waals surface area contributed by atoms with Gasteiger partial charge in [-0.1, -0.05) is 0 Å². The average Bonchev–Trinajstić information content (AvgIpc) is 2.57. The van der Waals surface area contributed by atoms with Crippen LogP contribution in [0.3, 0.4) is 0 Å². The van der Waals surface area contributed by atoms with Crippen molar-refractivity contribution >= 4 is 17.3 Å². The van der Waals surface area contributed by atoms with E-state index < -0.39 is 23.1 Å². The molecule has 0 fully saturated rings. The summed E-state index contributed by atoms with van der Waals surface area (Å²) in [5.74, 6) is -2.10. The van der Waals surface area contributed by atoms with E-state index in [0.29, 0.717) is 11.1 Å². The van der Waals surface area contributed by atoms with Gasteiger partial charge in [-0.2, -0.15) is 0 Å². The van der Waals surface area contributed by atoms with Crippen molar-refractivity contribution in [3.8, 4) is 11.5 Å². The lowest BCUT2D eigenvalue weighted by Crippen LogP contribution is -2.26. The number of phenolic OH excluding ortho intramolecular Hbond substituents is 2. The van der Waals surface area contributed by atoms with E-state index in [2.05, 4.69) is 0 Å². The summed E-state index contributed by atoms with van der Waals surface area (Å²) in [4.78, 5) is 26.0. The molecule has 0 spiro atoms.